The van der Waals surface area contributed by atoms with Crippen LogP contribution in [-0.4, -0.2) is 36.9 Å². The molecule has 1 heterocycles. The van der Waals surface area contributed by atoms with E-state index in [1.807, 2.05) is 18.3 Å². The van der Waals surface area contributed by atoms with E-state index in [2.05, 4.69) is 5.32 Å². The van der Waals surface area contributed by atoms with Gasteiger partial charge in [-0.2, -0.15) is 0 Å². The number of halogens is 2. The number of rotatable bonds is 8. The van der Waals surface area contributed by atoms with E-state index >= 15 is 0 Å². The number of carbonyl (C=O) groups excluding carboxylic acids is 2. The number of nitrogens with one attached hydrogen (secondary N) is 1. The first kappa shape index (κ1) is 20.3. The number of amides is 2. The number of carbonyl (C=O) groups is 2. The smallest absolute Gasteiger partial charge is 0.277 e. The van der Waals surface area contributed by atoms with Crippen molar-refractivity contribution in [1.82, 2.24) is 10.2 Å². The van der Waals surface area contributed by atoms with Crippen LogP contribution in [0.4, 0.5) is 0 Å². The van der Waals surface area contributed by atoms with Gasteiger partial charge >= 0.3 is 0 Å². The molecular formula is C18H22Cl2N3O3+. The minimum Gasteiger partial charge on any atom is -0.467 e. The lowest BCUT2D eigenvalue weighted by Gasteiger charge is -2.18. The summed E-state index contributed by atoms with van der Waals surface area (Å²) < 4.78 is 5.14. The summed E-state index contributed by atoms with van der Waals surface area (Å²) in [5.41, 5.74) is 0.905. The summed E-state index contributed by atoms with van der Waals surface area (Å²) in [6, 6.07) is 8.81. The number of likely N-dealkylation sites (N-methyl/N-ethyl adjacent to an activating group) is 1. The van der Waals surface area contributed by atoms with Crippen molar-refractivity contribution >= 4 is 35.0 Å². The minimum atomic E-state index is -0.244. The SMILES string of the molecule is C[C@@H]([NH2+]CC(=O)N(C)CC(=O)NCc1ccco1)c1ccc(Cl)cc1Cl. The van der Waals surface area contributed by atoms with Crippen LogP contribution in [-0.2, 0) is 16.1 Å². The van der Waals surface area contributed by atoms with Gasteiger partial charge in [-0.05, 0) is 31.2 Å². The summed E-state index contributed by atoms with van der Waals surface area (Å²) >= 11 is 12.1. The van der Waals surface area contributed by atoms with Crippen LogP contribution < -0.4 is 10.6 Å². The van der Waals surface area contributed by atoms with Gasteiger partial charge in [0, 0.05) is 17.6 Å². The molecule has 0 radical (unpaired) electrons. The Morgan fingerprint density at radius 3 is 2.73 bits per heavy atom. The Bertz CT molecular complexity index is 750. The van der Waals surface area contributed by atoms with Crippen LogP contribution in [0.3, 0.4) is 0 Å². The van der Waals surface area contributed by atoms with E-state index in [0.717, 1.165) is 5.56 Å². The number of quaternary nitrogens is 1. The standard InChI is InChI=1S/C18H21Cl2N3O3/c1-12(15-6-5-13(19)8-16(15)20)21-10-18(25)23(2)11-17(24)22-9-14-4-3-7-26-14/h3-8,12,21H,9-11H2,1-2H3,(H,22,24)/p+1/t12-/m1/s1. The molecule has 2 rings (SSSR count). The number of hydrogen-bond donors (Lipinski definition) is 2. The van der Waals surface area contributed by atoms with Gasteiger partial charge in [-0.15, -0.1) is 0 Å². The van der Waals surface area contributed by atoms with E-state index in [0.29, 0.717) is 22.4 Å². The number of benzene rings is 1. The normalized spacial score (nSPS) is 11.8. The maximum absolute atomic E-state index is 12.2. The Labute approximate surface area is 162 Å². The van der Waals surface area contributed by atoms with Crippen LogP contribution in [0.15, 0.2) is 41.0 Å². The lowest BCUT2D eigenvalue weighted by Crippen LogP contribution is -2.87. The fourth-order valence-electron chi connectivity index (χ4n) is 2.39. The van der Waals surface area contributed by atoms with E-state index in [1.54, 1.807) is 37.6 Å². The maximum atomic E-state index is 12.2. The molecular weight excluding hydrogens is 377 g/mol. The number of hydrogen-bond acceptors (Lipinski definition) is 3. The second-order valence-corrected chi connectivity index (χ2v) is 6.84. The second kappa shape index (κ2) is 9.62. The first-order chi connectivity index (χ1) is 12.4. The fourth-order valence-corrected chi connectivity index (χ4v) is 2.97. The largest absolute Gasteiger partial charge is 0.467 e. The Morgan fingerprint density at radius 2 is 2.08 bits per heavy atom. The van der Waals surface area contributed by atoms with Gasteiger partial charge in [0.25, 0.3) is 5.91 Å². The Balaban J connectivity index is 1.76. The van der Waals surface area contributed by atoms with Crippen molar-refractivity contribution in [2.75, 3.05) is 20.1 Å². The quantitative estimate of drug-likeness (QED) is 0.713. The molecule has 0 fully saturated rings. The van der Waals surface area contributed by atoms with Gasteiger partial charge in [-0.25, -0.2) is 0 Å². The molecule has 0 aliphatic heterocycles. The lowest BCUT2D eigenvalue weighted by molar-refractivity contribution is -0.683. The van der Waals surface area contributed by atoms with Gasteiger partial charge in [-0.3, -0.25) is 9.59 Å². The molecule has 0 aliphatic carbocycles. The third kappa shape index (κ3) is 6.05. The van der Waals surface area contributed by atoms with Crippen molar-refractivity contribution in [3.8, 4) is 0 Å². The Hall–Kier alpha value is -2.02. The van der Waals surface area contributed by atoms with Crippen LogP contribution >= 0.6 is 23.2 Å². The van der Waals surface area contributed by atoms with Crippen molar-refractivity contribution in [2.24, 2.45) is 0 Å². The van der Waals surface area contributed by atoms with Gasteiger partial charge in [0.1, 0.15) is 11.8 Å². The molecule has 0 aliphatic rings. The Morgan fingerprint density at radius 1 is 1.31 bits per heavy atom. The van der Waals surface area contributed by atoms with Gasteiger partial charge in [0.2, 0.25) is 5.91 Å². The van der Waals surface area contributed by atoms with Gasteiger partial charge in [0.05, 0.1) is 24.4 Å². The van der Waals surface area contributed by atoms with E-state index in [4.69, 9.17) is 27.6 Å². The Kier molecular flexibility index (Phi) is 7.50. The molecule has 0 saturated carbocycles. The topological polar surface area (TPSA) is 79.2 Å². The highest BCUT2D eigenvalue weighted by atomic mass is 35.5. The fraction of sp³-hybridized carbons (Fsp3) is 0.333. The molecule has 3 N–H and O–H groups in total. The molecule has 0 bridgehead atoms. The molecule has 140 valence electrons. The molecule has 2 aromatic rings. The summed E-state index contributed by atoms with van der Waals surface area (Å²) in [5.74, 6) is 0.274. The predicted molar refractivity (Wildman–Crippen MR) is 99.9 cm³/mol. The van der Waals surface area contributed by atoms with E-state index in [1.165, 1.54) is 4.90 Å². The molecule has 1 aromatic heterocycles. The van der Waals surface area contributed by atoms with E-state index in [9.17, 15) is 9.59 Å². The number of nitrogens with zero attached hydrogens (tertiary/aromatic N) is 1. The molecule has 8 heteroatoms. The van der Waals surface area contributed by atoms with Gasteiger partial charge in [0.15, 0.2) is 6.54 Å². The summed E-state index contributed by atoms with van der Waals surface area (Å²) in [4.78, 5) is 25.5. The second-order valence-electron chi connectivity index (χ2n) is 6.00. The minimum absolute atomic E-state index is 0.00936. The zero-order valence-corrected chi connectivity index (χ0v) is 16.2. The zero-order chi connectivity index (χ0) is 19.1. The van der Waals surface area contributed by atoms with Gasteiger partial charge < -0.3 is 20.0 Å². The van der Waals surface area contributed by atoms with Crippen LogP contribution in [0, 0.1) is 0 Å². The molecule has 6 nitrogen and oxygen atoms in total. The number of nitrogens with two attached hydrogens (primary N) is 1. The average molecular weight is 399 g/mol. The third-order valence-corrected chi connectivity index (χ3v) is 4.51. The van der Waals surface area contributed by atoms with Crippen molar-refractivity contribution in [1.29, 1.82) is 0 Å². The first-order valence-electron chi connectivity index (χ1n) is 8.18. The molecule has 1 atom stereocenters. The summed E-state index contributed by atoms with van der Waals surface area (Å²) in [6.45, 7) is 2.45. The van der Waals surface area contributed by atoms with E-state index in [-0.39, 0.29) is 30.9 Å². The highest BCUT2D eigenvalue weighted by molar-refractivity contribution is 6.35. The number of furan rings is 1. The highest BCUT2D eigenvalue weighted by Crippen LogP contribution is 2.24. The molecule has 0 unspecified atom stereocenters. The summed E-state index contributed by atoms with van der Waals surface area (Å²) in [6.07, 6.45) is 1.54. The molecule has 26 heavy (non-hydrogen) atoms. The van der Waals surface area contributed by atoms with Crippen LogP contribution in [0.25, 0.3) is 0 Å². The zero-order valence-electron chi connectivity index (χ0n) is 14.7. The van der Waals surface area contributed by atoms with Crippen molar-refractivity contribution in [3.63, 3.8) is 0 Å². The first-order valence-corrected chi connectivity index (χ1v) is 8.93. The van der Waals surface area contributed by atoms with Crippen LogP contribution in [0.5, 0.6) is 0 Å². The van der Waals surface area contributed by atoms with Crippen molar-refractivity contribution in [3.05, 3.63) is 58.0 Å². The van der Waals surface area contributed by atoms with Crippen molar-refractivity contribution < 1.29 is 19.3 Å². The maximum Gasteiger partial charge on any atom is 0.277 e. The van der Waals surface area contributed by atoms with Gasteiger partial charge in [-0.1, -0.05) is 29.3 Å². The molecule has 1 aromatic carbocycles. The predicted octanol–water partition coefficient (Wildman–Crippen LogP) is 1.99. The summed E-state index contributed by atoms with van der Waals surface area (Å²) in [5, 5.41) is 5.72. The highest BCUT2D eigenvalue weighted by Gasteiger charge is 2.18. The molecule has 0 spiro atoms. The van der Waals surface area contributed by atoms with E-state index < -0.39 is 0 Å². The van der Waals surface area contributed by atoms with Crippen LogP contribution in [0.2, 0.25) is 10.0 Å². The molecule has 2 amide bonds. The summed E-state index contributed by atoms with van der Waals surface area (Å²) in [7, 11) is 1.60. The monoisotopic (exact) mass is 398 g/mol. The lowest BCUT2D eigenvalue weighted by atomic mass is 10.1. The molecule has 0 saturated heterocycles. The van der Waals surface area contributed by atoms with Crippen LogP contribution in [0.1, 0.15) is 24.3 Å². The third-order valence-electron chi connectivity index (χ3n) is 3.95. The average Bonchev–Trinajstić information content (AvgIpc) is 3.11. The van der Waals surface area contributed by atoms with Crippen molar-refractivity contribution in [2.45, 2.75) is 19.5 Å².